The number of likely N-dealkylation sites (tertiary alicyclic amines) is 1. The fourth-order valence-corrected chi connectivity index (χ4v) is 7.66. The van der Waals surface area contributed by atoms with Crippen LogP contribution in [0.25, 0.3) is 0 Å². The van der Waals surface area contributed by atoms with Crippen LogP contribution >= 0.6 is 0 Å². The number of hydrogen-bond donors (Lipinski definition) is 2. The van der Waals surface area contributed by atoms with Crippen molar-refractivity contribution < 1.29 is 23.4 Å². The first-order valence-electron chi connectivity index (χ1n) is 13.2. The molecule has 3 aliphatic carbocycles. The zero-order valence-electron chi connectivity index (χ0n) is 20.8. The number of fused-ring (bicyclic) bond motifs is 1. The smallest absolute Gasteiger partial charge is 0.391 e. The third-order valence-corrected chi connectivity index (χ3v) is 9.59. The summed E-state index contributed by atoms with van der Waals surface area (Å²) in [6.45, 7) is 10.8. The maximum atomic E-state index is 13.0. The van der Waals surface area contributed by atoms with Crippen molar-refractivity contribution in [2.24, 2.45) is 29.1 Å². The van der Waals surface area contributed by atoms with E-state index in [1.54, 1.807) is 0 Å². The van der Waals surface area contributed by atoms with Gasteiger partial charge in [-0.15, -0.1) is 0 Å². The summed E-state index contributed by atoms with van der Waals surface area (Å²) >= 11 is 0. The second kappa shape index (κ2) is 10.1. The molecule has 1 saturated heterocycles. The van der Waals surface area contributed by atoms with Gasteiger partial charge in [0.2, 0.25) is 0 Å². The first kappa shape index (κ1) is 26.0. The second-order valence-corrected chi connectivity index (χ2v) is 11.8. The van der Waals surface area contributed by atoms with Crippen molar-refractivity contribution in [3.8, 4) is 0 Å². The number of aliphatic hydroxyl groups excluding tert-OH is 2. The van der Waals surface area contributed by atoms with Crippen LogP contribution in [-0.2, 0) is 0 Å². The van der Waals surface area contributed by atoms with Crippen LogP contribution in [0.15, 0.2) is 35.5 Å². The summed E-state index contributed by atoms with van der Waals surface area (Å²) in [5.41, 5.74) is 3.39. The second-order valence-electron chi connectivity index (χ2n) is 11.8. The molecule has 0 aromatic carbocycles. The molecule has 4 rings (SSSR count). The van der Waals surface area contributed by atoms with Gasteiger partial charge < -0.3 is 15.1 Å². The van der Waals surface area contributed by atoms with E-state index in [-0.39, 0.29) is 18.3 Å². The summed E-state index contributed by atoms with van der Waals surface area (Å²) in [7, 11) is 0. The van der Waals surface area contributed by atoms with Crippen molar-refractivity contribution in [1.82, 2.24) is 4.90 Å². The number of aliphatic hydroxyl groups is 2. The standard InChI is InChI=1S/C28H42F3NO2/c1-18(17-32-13-10-22(11-14-32)28(29,30)31)24-8-9-25-20(5-4-12-27(24,25)3)6-7-21-15-23(33)16-26(34)19(21)2/h6-7,18,22-26,33-34H,2,4-5,8-17H2,1,3H3/t18?,23-,24-,25+,26+,27-/m1/s1. The number of rotatable bonds is 4. The van der Waals surface area contributed by atoms with Gasteiger partial charge in [0.05, 0.1) is 18.1 Å². The van der Waals surface area contributed by atoms with E-state index in [9.17, 15) is 23.4 Å². The molecule has 0 spiro atoms. The SMILES string of the molecule is C=C1C(=CC=C2CCC[C@]3(C)[C@@H](C(C)CN4CCC(C(F)(F)F)CC4)CC[C@@H]23)C[C@@H](O)C[C@@H]1O. The quantitative estimate of drug-likeness (QED) is 0.515. The summed E-state index contributed by atoms with van der Waals surface area (Å²) < 4.78 is 39.1. The lowest BCUT2D eigenvalue weighted by Gasteiger charge is -2.45. The molecule has 0 bridgehead atoms. The molecule has 1 aliphatic heterocycles. The minimum atomic E-state index is -4.05. The average molecular weight is 482 g/mol. The third kappa shape index (κ3) is 5.34. The largest absolute Gasteiger partial charge is 0.393 e. The highest BCUT2D eigenvalue weighted by Crippen LogP contribution is 2.59. The van der Waals surface area contributed by atoms with Gasteiger partial charge >= 0.3 is 6.18 Å². The Bertz CT molecular complexity index is 811. The molecule has 2 N–H and O–H groups in total. The van der Waals surface area contributed by atoms with E-state index in [2.05, 4.69) is 37.5 Å². The predicted octanol–water partition coefficient (Wildman–Crippen LogP) is 6.04. The molecule has 0 amide bonds. The molecule has 1 unspecified atom stereocenters. The summed E-state index contributed by atoms with van der Waals surface area (Å²) in [4.78, 5) is 2.26. The normalized spacial score (nSPS) is 39.6. The Kier molecular flexibility index (Phi) is 7.71. The Hall–Kier alpha value is -1.11. The molecule has 0 radical (unpaired) electrons. The van der Waals surface area contributed by atoms with E-state index in [4.69, 9.17) is 0 Å². The number of hydrogen-bond acceptors (Lipinski definition) is 3. The van der Waals surface area contributed by atoms with Gasteiger partial charge in [0, 0.05) is 13.0 Å². The first-order valence-corrected chi connectivity index (χ1v) is 13.2. The van der Waals surface area contributed by atoms with Crippen LogP contribution in [0.3, 0.4) is 0 Å². The van der Waals surface area contributed by atoms with Gasteiger partial charge in [-0.1, -0.05) is 38.2 Å². The van der Waals surface area contributed by atoms with E-state index in [1.807, 2.05) is 0 Å². The monoisotopic (exact) mass is 481 g/mol. The van der Waals surface area contributed by atoms with E-state index in [0.717, 1.165) is 30.5 Å². The average Bonchev–Trinajstić information content (AvgIpc) is 3.12. The van der Waals surface area contributed by atoms with Gasteiger partial charge in [-0.3, -0.25) is 0 Å². The molecule has 34 heavy (non-hydrogen) atoms. The van der Waals surface area contributed by atoms with Crippen molar-refractivity contribution in [3.63, 3.8) is 0 Å². The molecular weight excluding hydrogens is 439 g/mol. The molecule has 3 nitrogen and oxygen atoms in total. The number of halogens is 3. The highest BCUT2D eigenvalue weighted by Gasteiger charge is 2.51. The Morgan fingerprint density at radius 1 is 1.15 bits per heavy atom. The van der Waals surface area contributed by atoms with Crippen LogP contribution in [0.5, 0.6) is 0 Å². The fourth-order valence-electron chi connectivity index (χ4n) is 7.66. The van der Waals surface area contributed by atoms with E-state index >= 15 is 0 Å². The molecule has 192 valence electrons. The number of alkyl halides is 3. The predicted molar refractivity (Wildman–Crippen MR) is 129 cm³/mol. The van der Waals surface area contributed by atoms with Crippen LogP contribution in [0.4, 0.5) is 13.2 Å². The van der Waals surface area contributed by atoms with Gasteiger partial charge in [0.15, 0.2) is 0 Å². The third-order valence-electron chi connectivity index (χ3n) is 9.59. The van der Waals surface area contributed by atoms with Gasteiger partial charge in [0.1, 0.15) is 0 Å². The Balaban J connectivity index is 1.41. The molecule has 4 fully saturated rings. The minimum Gasteiger partial charge on any atom is -0.393 e. The summed E-state index contributed by atoms with van der Waals surface area (Å²) in [6.07, 6.45) is 6.28. The van der Waals surface area contributed by atoms with Gasteiger partial charge in [-0.25, -0.2) is 0 Å². The first-order chi connectivity index (χ1) is 16.0. The van der Waals surface area contributed by atoms with Crippen molar-refractivity contribution in [3.05, 3.63) is 35.5 Å². The van der Waals surface area contributed by atoms with Crippen LogP contribution in [0, 0.1) is 29.1 Å². The van der Waals surface area contributed by atoms with Crippen molar-refractivity contribution in [2.75, 3.05) is 19.6 Å². The van der Waals surface area contributed by atoms with Crippen LogP contribution in [0.1, 0.15) is 71.6 Å². The zero-order chi connectivity index (χ0) is 24.7. The number of allylic oxidation sites excluding steroid dienone is 3. The zero-order valence-corrected chi connectivity index (χ0v) is 20.8. The highest BCUT2D eigenvalue weighted by molar-refractivity contribution is 5.38. The maximum Gasteiger partial charge on any atom is 0.391 e. The van der Waals surface area contributed by atoms with Crippen LogP contribution < -0.4 is 0 Å². The van der Waals surface area contributed by atoms with Crippen LogP contribution in [-0.4, -0.2) is 53.1 Å². The molecule has 6 atom stereocenters. The van der Waals surface area contributed by atoms with Crippen molar-refractivity contribution >= 4 is 0 Å². The molecule has 3 saturated carbocycles. The summed E-state index contributed by atoms with van der Waals surface area (Å²) in [6, 6.07) is 0. The van der Waals surface area contributed by atoms with Gasteiger partial charge in [0.25, 0.3) is 0 Å². The van der Waals surface area contributed by atoms with E-state index in [1.165, 1.54) is 24.8 Å². The lowest BCUT2D eigenvalue weighted by molar-refractivity contribution is -0.185. The fraction of sp³-hybridized carbons (Fsp3) is 0.786. The maximum absolute atomic E-state index is 13.0. The topological polar surface area (TPSA) is 43.7 Å². The minimum absolute atomic E-state index is 0.231. The Morgan fingerprint density at radius 2 is 1.85 bits per heavy atom. The summed E-state index contributed by atoms with van der Waals surface area (Å²) in [5.74, 6) is 0.462. The van der Waals surface area contributed by atoms with E-state index < -0.39 is 24.3 Å². The lowest BCUT2D eigenvalue weighted by Crippen LogP contribution is -2.44. The highest BCUT2D eigenvalue weighted by atomic mass is 19.4. The molecule has 0 aromatic rings. The number of nitrogens with zero attached hydrogens (tertiary/aromatic N) is 1. The number of piperidine rings is 1. The molecule has 0 aromatic heterocycles. The lowest BCUT2D eigenvalue weighted by atomic mass is 9.61. The Labute approximate surface area is 202 Å². The van der Waals surface area contributed by atoms with E-state index in [0.29, 0.717) is 43.7 Å². The molecule has 4 aliphatic rings. The summed E-state index contributed by atoms with van der Waals surface area (Å²) in [5, 5.41) is 20.2. The van der Waals surface area contributed by atoms with Gasteiger partial charge in [-0.2, -0.15) is 13.2 Å². The molecule has 1 heterocycles. The van der Waals surface area contributed by atoms with Crippen molar-refractivity contribution in [2.45, 2.75) is 90.0 Å². The molecule has 6 heteroatoms. The molecular formula is C28H42F3NO2. The van der Waals surface area contributed by atoms with Gasteiger partial charge in [-0.05, 0) is 98.8 Å². The van der Waals surface area contributed by atoms with Crippen molar-refractivity contribution in [1.29, 1.82) is 0 Å². The Morgan fingerprint density at radius 3 is 2.53 bits per heavy atom. The van der Waals surface area contributed by atoms with Crippen LogP contribution in [0.2, 0.25) is 0 Å².